The first kappa shape index (κ1) is 14.4. The molecule has 0 amide bonds. The molecule has 0 fully saturated rings. The number of benzene rings is 1. The number of methoxy groups -OCH3 is 1. The molecule has 7 heteroatoms. The summed E-state index contributed by atoms with van der Waals surface area (Å²) >= 11 is 1.14. The zero-order chi connectivity index (χ0) is 14.5. The lowest BCUT2D eigenvalue weighted by Crippen LogP contribution is -2.14. The molecule has 106 valence electrons. The van der Waals surface area contributed by atoms with Crippen molar-refractivity contribution >= 4 is 17.7 Å². The molecule has 1 heterocycles. The van der Waals surface area contributed by atoms with Gasteiger partial charge in [-0.1, -0.05) is 18.7 Å². The third kappa shape index (κ3) is 3.30. The molecule has 0 saturated heterocycles. The number of hydrogen-bond acceptors (Lipinski definition) is 5. The molecule has 1 aromatic carbocycles. The number of nitrogens with zero attached hydrogens (tertiary/aromatic N) is 2. The van der Waals surface area contributed by atoms with E-state index in [2.05, 4.69) is 15.2 Å². The summed E-state index contributed by atoms with van der Waals surface area (Å²) in [6.45, 7) is 1.82. The SMILES string of the molecule is CC[C@@H](Sc1n[nH]c(-c2ccc(OC)cc2)n1)C(=O)O. The van der Waals surface area contributed by atoms with Crippen LogP contribution in [-0.2, 0) is 4.79 Å². The molecule has 0 unspecified atom stereocenters. The Labute approximate surface area is 120 Å². The van der Waals surface area contributed by atoms with Crippen molar-refractivity contribution in [2.45, 2.75) is 23.8 Å². The summed E-state index contributed by atoms with van der Waals surface area (Å²) in [7, 11) is 1.61. The van der Waals surface area contributed by atoms with Gasteiger partial charge in [-0.05, 0) is 30.7 Å². The van der Waals surface area contributed by atoms with E-state index in [1.165, 1.54) is 0 Å². The Bertz CT molecular complexity index is 583. The maximum Gasteiger partial charge on any atom is 0.317 e. The van der Waals surface area contributed by atoms with E-state index < -0.39 is 11.2 Å². The summed E-state index contributed by atoms with van der Waals surface area (Å²) < 4.78 is 5.09. The molecule has 6 nitrogen and oxygen atoms in total. The summed E-state index contributed by atoms with van der Waals surface area (Å²) in [6, 6.07) is 7.39. The molecule has 2 aromatic rings. The molecule has 2 N–H and O–H groups in total. The summed E-state index contributed by atoms with van der Waals surface area (Å²) in [5, 5.41) is 15.8. The minimum absolute atomic E-state index is 0.435. The summed E-state index contributed by atoms with van der Waals surface area (Å²) in [6.07, 6.45) is 0.520. The Hall–Kier alpha value is -2.02. The van der Waals surface area contributed by atoms with E-state index in [0.717, 1.165) is 23.1 Å². The van der Waals surface area contributed by atoms with E-state index in [-0.39, 0.29) is 0 Å². The average molecular weight is 293 g/mol. The summed E-state index contributed by atoms with van der Waals surface area (Å²) in [4.78, 5) is 15.3. The number of hydrogen-bond donors (Lipinski definition) is 2. The molecule has 0 aliphatic heterocycles. The first-order valence-electron chi connectivity index (χ1n) is 6.10. The van der Waals surface area contributed by atoms with E-state index in [1.807, 2.05) is 31.2 Å². The van der Waals surface area contributed by atoms with E-state index in [1.54, 1.807) is 7.11 Å². The molecule has 0 bridgehead atoms. The number of thioether (sulfide) groups is 1. The highest BCUT2D eigenvalue weighted by molar-refractivity contribution is 8.00. The van der Waals surface area contributed by atoms with Gasteiger partial charge in [-0.3, -0.25) is 9.89 Å². The van der Waals surface area contributed by atoms with Crippen molar-refractivity contribution in [2.24, 2.45) is 0 Å². The van der Waals surface area contributed by atoms with Crippen LogP contribution in [-0.4, -0.2) is 38.6 Å². The first-order chi connectivity index (χ1) is 9.63. The zero-order valence-corrected chi connectivity index (χ0v) is 12.0. The maximum absolute atomic E-state index is 11.0. The van der Waals surface area contributed by atoms with Crippen LogP contribution >= 0.6 is 11.8 Å². The molecule has 0 aliphatic carbocycles. The third-order valence-electron chi connectivity index (χ3n) is 2.72. The number of carboxylic acids is 1. The van der Waals surface area contributed by atoms with Crippen LogP contribution in [0.4, 0.5) is 0 Å². The third-order valence-corrected chi connectivity index (χ3v) is 3.94. The average Bonchev–Trinajstić information content (AvgIpc) is 2.93. The van der Waals surface area contributed by atoms with Crippen LogP contribution in [0, 0.1) is 0 Å². The van der Waals surface area contributed by atoms with Crippen LogP contribution in [0.5, 0.6) is 5.75 Å². The van der Waals surface area contributed by atoms with E-state index in [4.69, 9.17) is 9.84 Å². The molecule has 2 rings (SSSR count). The second-order valence-corrected chi connectivity index (χ2v) is 5.22. The largest absolute Gasteiger partial charge is 0.497 e. The van der Waals surface area contributed by atoms with Crippen LogP contribution in [0.2, 0.25) is 0 Å². The van der Waals surface area contributed by atoms with Gasteiger partial charge >= 0.3 is 5.97 Å². The molecular weight excluding hydrogens is 278 g/mol. The fourth-order valence-corrected chi connectivity index (χ4v) is 2.38. The summed E-state index contributed by atoms with van der Waals surface area (Å²) in [5.41, 5.74) is 0.869. The minimum Gasteiger partial charge on any atom is -0.497 e. The van der Waals surface area contributed by atoms with Gasteiger partial charge in [0.25, 0.3) is 0 Å². The second kappa shape index (κ2) is 6.42. The van der Waals surface area contributed by atoms with Gasteiger partial charge in [0.1, 0.15) is 11.0 Å². The number of aromatic amines is 1. The molecule has 0 radical (unpaired) electrons. The molecule has 1 aromatic heterocycles. The first-order valence-corrected chi connectivity index (χ1v) is 6.98. The van der Waals surface area contributed by atoms with E-state index in [0.29, 0.717) is 17.4 Å². The lowest BCUT2D eigenvalue weighted by molar-refractivity contribution is -0.136. The van der Waals surface area contributed by atoms with E-state index >= 15 is 0 Å². The van der Waals surface area contributed by atoms with Crippen LogP contribution in [0.1, 0.15) is 13.3 Å². The Morgan fingerprint density at radius 3 is 2.70 bits per heavy atom. The number of aromatic nitrogens is 3. The Balaban J connectivity index is 2.13. The van der Waals surface area contributed by atoms with Crippen molar-refractivity contribution in [3.63, 3.8) is 0 Å². The van der Waals surface area contributed by atoms with Crippen LogP contribution in [0.25, 0.3) is 11.4 Å². The van der Waals surface area contributed by atoms with Gasteiger partial charge in [-0.25, -0.2) is 4.98 Å². The standard InChI is InChI=1S/C13H15N3O3S/c1-3-10(12(17)18)20-13-14-11(15-16-13)8-4-6-9(19-2)7-5-8/h4-7,10H,3H2,1-2H3,(H,17,18)(H,14,15,16)/t10-/m1/s1. The monoisotopic (exact) mass is 293 g/mol. The van der Waals surface area contributed by atoms with Crippen LogP contribution in [0.15, 0.2) is 29.4 Å². The lowest BCUT2D eigenvalue weighted by atomic mass is 10.2. The van der Waals surface area contributed by atoms with Crippen molar-refractivity contribution in [1.82, 2.24) is 15.2 Å². The van der Waals surface area contributed by atoms with Crippen LogP contribution in [0.3, 0.4) is 0 Å². The number of carboxylic acid groups (broad SMARTS) is 1. The molecule has 0 aliphatic rings. The van der Waals surface area contributed by atoms with Crippen molar-refractivity contribution in [3.05, 3.63) is 24.3 Å². The van der Waals surface area contributed by atoms with Crippen molar-refractivity contribution < 1.29 is 14.6 Å². The van der Waals surface area contributed by atoms with E-state index in [9.17, 15) is 4.79 Å². The van der Waals surface area contributed by atoms with Crippen molar-refractivity contribution in [3.8, 4) is 17.1 Å². The summed E-state index contributed by atoms with van der Waals surface area (Å²) in [5.74, 6) is 0.517. The fraction of sp³-hybridized carbons (Fsp3) is 0.308. The van der Waals surface area contributed by atoms with Gasteiger partial charge in [0.15, 0.2) is 5.82 Å². The lowest BCUT2D eigenvalue weighted by Gasteiger charge is -2.04. The Kier molecular flexibility index (Phi) is 4.62. The molecule has 20 heavy (non-hydrogen) atoms. The fourth-order valence-electron chi connectivity index (χ4n) is 1.61. The predicted molar refractivity (Wildman–Crippen MR) is 75.9 cm³/mol. The Morgan fingerprint density at radius 2 is 2.15 bits per heavy atom. The zero-order valence-electron chi connectivity index (χ0n) is 11.2. The topological polar surface area (TPSA) is 88.1 Å². The van der Waals surface area contributed by atoms with Gasteiger partial charge in [-0.15, -0.1) is 5.10 Å². The minimum atomic E-state index is -0.853. The van der Waals surface area contributed by atoms with Gasteiger partial charge in [-0.2, -0.15) is 0 Å². The van der Waals surface area contributed by atoms with Crippen molar-refractivity contribution in [1.29, 1.82) is 0 Å². The number of aliphatic carboxylic acids is 1. The van der Waals surface area contributed by atoms with Gasteiger partial charge in [0, 0.05) is 5.56 Å². The number of rotatable bonds is 6. The number of carbonyl (C=O) groups is 1. The highest BCUT2D eigenvalue weighted by Crippen LogP contribution is 2.25. The predicted octanol–water partition coefficient (Wildman–Crippen LogP) is 2.44. The number of ether oxygens (including phenoxy) is 1. The van der Waals surface area contributed by atoms with Crippen molar-refractivity contribution in [2.75, 3.05) is 7.11 Å². The maximum atomic E-state index is 11.0. The van der Waals surface area contributed by atoms with Gasteiger partial charge in [0.05, 0.1) is 7.11 Å². The highest BCUT2D eigenvalue weighted by atomic mass is 32.2. The molecule has 1 atom stereocenters. The van der Waals surface area contributed by atoms with Gasteiger partial charge < -0.3 is 9.84 Å². The normalized spacial score (nSPS) is 12.1. The Morgan fingerprint density at radius 1 is 1.45 bits per heavy atom. The quantitative estimate of drug-likeness (QED) is 0.795. The molecular formula is C13H15N3O3S. The molecule has 0 spiro atoms. The smallest absolute Gasteiger partial charge is 0.317 e. The number of H-pyrrole nitrogens is 1. The van der Waals surface area contributed by atoms with Gasteiger partial charge in [0.2, 0.25) is 5.16 Å². The second-order valence-electron chi connectivity index (χ2n) is 4.05. The highest BCUT2D eigenvalue weighted by Gasteiger charge is 2.19. The molecule has 0 saturated carbocycles. The number of nitrogens with one attached hydrogen (secondary N) is 1. The van der Waals surface area contributed by atoms with Crippen LogP contribution < -0.4 is 4.74 Å².